The van der Waals surface area contributed by atoms with Gasteiger partial charge in [0.25, 0.3) is 0 Å². The molecule has 0 aliphatic heterocycles. The Morgan fingerprint density at radius 1 is 1.50 bits per heavy atom. The van der Waals surface area contributed by atoms with Gasteiger partial charge in [-0.15, -0.1) is 0 Å². The average molecular weight is 224 g/mol. The maximum atomic E-state index is 11.3. The fourth-order valence-electron chi connectivity index (χ4n) is 0.881. The standard InChI is InChI=1S/C10H8O6/c1-15-9(12)3-2-6-5-16-8(10(13)14)4-7(6)11/h2-5H,1H3,(H,13,14)/b3-2+. The summed E-state index contributed by atoms with van der Waals surface area (Å²) in [6.45, 7) is 0. The van der Waals surface area contributed by atoms with E-state index in [9.17, 15) is 14.4 Å². The van der Waals surface area contributed by atoms with Crippen LogP contribution in [0.1, 0.15) is 16.1 Å². The highest BCUT2D eigenvalue weighted by molar-refractivity contribution is 5.87. The van der Waals surface area contributed by atoms with Crippen LogP contribution in [0.25, 0.3) is 6.08 Å². The van der Waals surface area contributed by atoms with Gasteiger partial charge in [-0.25, -0.2) is 9.59 Å². The molecule has 0 fully saturated rings. The van der Waals surface area contributed by atoms with Gasteiger partial charge in [0.2, 0.25) is 5.76 Å². The number of hydrogen-bond acceptors (Lipinski definition) is 5. The molecule has 6 nitrogen and oxygen atoms in total. The number of ether oxygens (including phenoxy) is 1. The van der Waals surface area contributed by atoms with Crippen LogP contribution in [0.2, 0.25) is 0 Å². The minimum Gasteiger partial charge on any atom is -0.475 e. The number of carbonyl (C=O) groups is 2. The van der Waals surface area contributed by atoms with E-state index >= 15 is 0 Å². The van der Waals surface area contributed by atoms with E-state index in [0.717, 1.165) is 18.4 Å². The van der Waals surface area contributed by atoms with Crippen molar-refractivity contribution in [3.63, 3.8) is 0 Å². The average Bonchev–Trinajstić information content (AvgIpc) is 2.26. The van der Waals surface area contributed by atoms with Crippen molar-refractivity contribution in [1.82, 2.24) is 0 Å². The molecular weight excluding hydrogens is 216 g/mol. The summed E-state index contributed by atoms with van der Waals surface area (Å²) in [6, 6.07) is 0.833. The van der Waals surface area contributed by atoms with Crippen LogP contribution in [0.15, 0.2) is 27.6 Å². The molecule has 1 aromatic rings. The van der Waals surface area contributed by atoms with Crippen molar-refractivity contribution in [2.45, 2.75) is 0 Å². The first kappa shape index (κ1) is 11.7. The molecule has 16 heavy (non-hydrogen) atoms. The van der Waals surface area contributed by atoms with E-state index < -0.39 is 23.1 Å². The van der Waals surface area contributed by atoms with Crippen LogP contribution in [0.4, 0.5) is 0 Å². The Labute approximate surface area is 89.8 Å². The molecule has 1 rings (SSSR count). The van der Waals surface area contributed by atoms with E-state index in [1.165, 1.54) is 13.2 Å². The molecule has 0 aliphatic rings. The molecule has 0 aliphatic carbocycles. The van der Waals surface area contributed by atoms with Crippen molar-refractivity contribution in [2.75, 3.05) is 7.11 Å². The van der Waals surface area contributed by atoms with Crippen LogP contribution in [0.3, 0.4) is 0 Å². The van der Waals surface area contributed by atoms with E-state index in [1.54, 1.807) is 0 Å². The highest BCUT2D eigenvalue weighted by atomic mass is 16.5. The van der Waals surface area contributed by atoms with Crippen molar-refractivity contribution in [3.05, 3.63) is 40.0 Å². The highest BCUT2D eigenvalue weighted by Gasteiger charge is 2.07. The number of carbonyl (C=O) groups excluding carboxylic acids is 1. The van der Waals surface area contributed by atoms with Gasteiger partial charge in [0.1, 0.15) is 6.26 Å². The predicted octanol–water partition coefficient (Wildman–Crippen LogP) is 0.524. The summed E-state index contributed by atoms with van der Waals surface area (Å²) in [5.41, 5.74) is -0.487. The maximum Gasteiger partial charge on any atom is 0.371 e. The van der Waals surface area contributed by atoms with Crippen molar-refractivity contribution in [3.8, 4) is 0 Å². The smallest absolute Gasteiger partial charge is 0.371 e. The second-order valence-corrected chi connectivity index (χ2v) is 2.73. The van der Waals surface area contributed by atoms with Gasteiger partial charge in [-0.2, -0.15) is 0 Å². The molecule has 84 valence electrons. The Hall–Kier alpha value is -2.37. The monoisotopic (exact) mass is 224 g/mol. The molecule has 1 N–H and O–H groups in total. The van der Waals surface area contributed by atoms with Gasteiger partial charge < -0.3 is 14.3 Å². The second kappa shape index (κ2) is 4.92. The van der Waals surface area contributed by atoms with Gasteiger partial charge in [0.05, 0.1) is 12.7 Å². The Bertz CT molecular complexity index is 496. The largest absolute Gasteiger partial charge is 0.475 e. The number of rotatable bonds is 3. The van der Waals surface area contributed by atoms with Crippen molar-refractivity contribution in [1.29, 1.82) is 0 Å². The first-order valence-electron chi connectivity index (χ1n) is 4.16. The maximum absolute atomic E-state index is 11.3. The number of carboxylic acids is 1. The van der Waals surface area contributed by atoms with Gasteiger partial charge in [-0.1, -0.05) is 0 Å². The van der Waals surface area contributed by atoms with E-state index in [0.29, 0.717) is 0 Å². The fourth-order valence-corrected chi connectivity index (χ4v) is 0.881. The SMILES string of the molecule is COC(=O)/C=C/c1coc(C(=O)O)cc1=O. The number of esters is 1. The van der Waals surface area contributed by atoms with Crippen LogP contribution in [-0.2, 0) is 9.53 Å². The molecule has 1 aromatic heterocycles. The zero-order valence-corrected chi connectivity index (χ0v) is 8.30. The van der Waals surface area contributed by atoms with Crippen molar-refractivity contribution in [2.24, 2.45) is 0 Å². The molecule has 0 aromatic carbocycles. The molecule has 6 heteroatoms. The van der Waals surface area contributed by atoms with Gasteiger partial charge in [0, 0.05) is 12.1 Å². The number of aromatic carboxylic acids is 1. The molecule has 1 heterocycles. The number of hydrogen-bond donors (Lipinski definition) is 1. The predicted molar refractivity (Wildman–Crippen MR) is 53.0 cm³/mol. The lowest BCUT2D eigenvalue weighted by atomic mass is 10.2. The summed E-state index contributed by atoms with van der Waals surface area (Å²) < 4.78 is 8.98. The molecule has 0 radical (unpaired) electrons. The molecule has 0 amide bonds. The molecule has 0 saturated carbocycles. The molecule has 0 spiro atoms. The molecule has 0 atom stereocenters. The normalized spacial score (nSPS) is 10.3. The Morgan fingerprint density at radius 2 is 2.19 bits per heavy atom. The third-order valence-corrected chi connectivity index (χ3v) is 1.67. The summed E-state index contributed by atoms with van der Waals surface area (Å²) in [4.78, 5) is 32.5. The number of carboxylic acid groups (broad SMARTS) is 1. The topological polar surface area (TPSA) is 93.8 Å². The lowest BCUT2D eigenvalue weighted by Gasteiger charge is -1.94. The first-order chi connectivity index (χ1) is 7.54. The number of methoxy groups -OCH3 is 1. The minimum atomic E-state index is -1.33. The van der Waals surface area contributed by atoms with E-state index in [-0.39, 0.29) is 5.56 Å². The van der Waals surface area contributed by atoms with E-state index in [4.69, 9.17) is 5.11 Å². The molecule has 0 unspecified atom stereocenters. The third kappa shape index (κ3) is 2.81. The Kier molecular flexibility index (Phi) is 3.60. The van der Waals surface area contributed by atoms with Crippen molar-refractivity contribution < 1.29 is 23.8 Å². The zero-order valence-electron chi connectivity index (χ0n) is 8.30. The zero-order chi connectivity index (χ0) is 12.1. The molecular formula is C10H8O6. The van der Waals surface area contributed by atoms with Gasteiger partial charge in [-0.3, -0.25) is 4.79 Å². The van der Waals surface area contributed by atoms with Gasteiger partial charge >= 0.3 is 11.9 Å². The van der Waals surface area contributed by atoms with Crippen LogP contribution in [0.5, 0.6) is 0 Å². The lowest BCUT2D eigenvalue weighted by Crippen LogP contribution is -2.08. The third-order valence-electron chi connectivity index (χ3n) is 1.67. The van der Waals surface area contributed by atoms with Gasteiger partial charge in [0.15, 0.2) is 5.43 Å². The van der Waals surface area contributed by atoms with Crippen LogP contribution in [-0.4, -0.2) is 24.2 Å². The quantitative estimate of drug-likeness (QED) is 0.594. The van der Waals surface area contributed by atoms with Crippen LogP contribution in [0, 0.1) is 0 Å². The first-order valence-corrected chi connectivity index (χ1v) is 4.16. The highest BCUT2D eigenvalue weighted by Crippen LogP contribution is 2.00. The Balaban J connectivity index is 3.01. The van der Waals surface area contributed by atoms with E-state index in [1.807, 2.05) is 0 Å². The van der Waals surface area contributed by atoms with E-state index in [2.05, 4.69) is 9.15 Å². The fraction of sp³-hybridized carbons (Fsp3) is 0.100. The van der Waals surface area contributed by atoms with Crippen LogP contribution < -0.4 is 5.43 Å². The lowest BCUT2D eigenvalue weighted by molar-refractivity contribution is -0.134. The summed E-state index contributed by atoms with van der Waals surface area (Å²) >= 11 is 0. The minimum absolute atomic E-state index is 0.0652. The van der Waals surface area contributed by atoms with Gasteiger partial charge in [-0.05, 0) is 6.08 Å². The summed E-state index contributed by atoms with van der Waals surface area (Å²) in [7, 11) is 1.20. The molecule has 0 saturated heterocycles. The summed E-state index contributed by atoms with van der Waals surface area (Å²) in [6.07, 6.45) is 3.18. The summed E-state index contributed by atoms with van der Waals surface area (Å²) in [5.74, 6) is -2.41. The summed E-state index contributed by atoms with van der Waals surface area (Å²) in [5, 5.41) is 8.53. The van der Waals surface area contributed by atoms with Crippen molar-refractivity contribution >= 4 is 18.0 Å². The molecule has 0 bridgehead atoms. The Morgan fingerprint density at radius 3 is 2.69 bits per heavy atom. The second-order valence-electron chi connectivity index (χ2n) is 2.73. The van der Waals surface area contributed by atoms with Crippen LogP contribution >= 0.6 is 0 Å².